The van der Waals surface area contributed by atoms with Crippen molar-refractivity contribution in [1.29, 1.82) is 0 Å². The maximum atomic E-state index is 13.2. The summed E-state index contributed by atoms with van der Waals surface area (Å²) in [6.07, 6.45) is -1.47. The molecule has 0 fully saturated rings. The summed E-state index contributed by atoms with van der Waals surface area (Å²) in [4.78, 5) is 37.8. The topological polar surface area (TPSA) is 114 Å². The Morgan fingerprint density at radius 3 is 2.00 bits per heavy atom. The van der Waals surface area contributed by atoms with Crippen molar-refractivity contribution in [3.8, 4) is 11.1 Å². The van der Waals surface area contributed by atoms with Crippen LogP contribution < -0.4 is 10.6 Å². The van der Waals surface area contributed by atoms with Crippen LogP contribution in [-0.4, -0.2) is 48.4 Å². The van der Waals surface area contributed by atoms with Gasteiger partial charge in [0.1, 0.15) is 12.6 Å². The summed E-state index contributed by atoms with van der Waals surface area (Å²) < 4.78 is 11.6. The van der Waals surface area contributed by atoms with Crippen molar-refractivity contribution in [2.24, 2.45) is 11.8 Å². The number of nitrogens with one attached hydrogen (secondary N) is 2. The molecule has 0 saturated heterocycles. The van der Waals surface area contributed by atoms with Crippen LogP contribution in [0.1, 0.15) is 43.4 Å². The van der Waals surface area contributed by atoms with Crippen molar-refractivity contribution in [3.63, 3.8) is 0 Å². The normalized spacial score (nSPS) is 14.5. The number of carboxylic acids is 1. The van der Waals surface area contributed by atoms with Gasteiger partial charge in [0.05, 0.1) is 18.6 Å². The van der Waals surface area contributed by atoms with Gasteiger partial charge in [0.25, 0.3) is 0 Å². The molecule has 3 N–H and O–H groups in total. The number of hydrogen-bond donors (Lipinski definition) is 3. The molecule has 1 aliphatic rings. The Bertz CT molecular complexity index is 1280. The minimum absolute atomic E-state index is 0.0693. The average molecular weight is 545 g/mol. The minimum Gasteiger partial charge on any atom is -0.481 e. The van der Waals surface area contributed by atoms with Crippen LogP contribution in [0.3, 0.4) is 0 Å². The minimum atomic E-state index is -1.10. The zero-order valence-electron chi connectivity index (χ0n) is 23.0. The highest BCUT2D eigenvalue weighted by atomic mass is 16.5. The van der Waals surface area contributed by atoms with Crippen molar-refractivity contribution in [1.82, 2.24) is 10.6 Å². The number of aliphatic carboxylic acids is 1. The van der Waals surface area contributed by atoms with Gasteiger partial charge in [-0.3, -0.25) is 9.59 Å². The van der Waals surface area contributed by atoms with Gasteiger partial charge in [-0.15, -0.1) is 0 Å². The summed E-state index contributed by atoms with van der Waals surface area (Å²) in [5.74, 6) is -2.61. The second-order valence-electron chi connectivity index (χ2n) is 10.4. The molecule has 1 aliphatic carbocycles. The first-order valence-corrected chi connectivity index (χ1v) is 13.5. The maximum Gasteiger partial charge on any atom is 0.407 e. The molecule has 8 heteroatoms. The van der Waals surface area contributed by atoms with Crippen molar-refractivity contribution in [2.75, 3.05) is 13.2 Å². The fourth-order valence-electron chi connectivity index (χ4n) is 4.99. The Kier molecular flexibility index (Phi) is 9.56. The third kappa shape index (κ3) is 6.87. The Morgan fingerprint density at radius 2 is 1.43 bits per heavy atom. The zero-order chi connectivity index (χ0) is 28.6. The third-order valence-electron chi connectivity index (χ3n) is 7.34. The highest BCUT2D eigenvalue weighted by molar-refractivity contribution is 5.87. The van der Waals surface area contributed by atoms with Crippen LogP contribution in [0.15, 0.2) is 78.9 Å². The number of carboxylic acid groups (broad SMARTS) is 1. The summed E-state index contributed by atoms with van der Waals surface area (Å²) in [7, 11) is 0. The Labute approximate surface area is 234 Å². The predicted molar refractivity (Wildman–Crippen MR) is 152 cm³/mol. The van der Waals surface area contributed by atoms with E-state index in [2.05, 4.69) is 22.8 Å². The van der Waals surface area contributed by atoms with Crippen molar-refractivity contribution in [2.45, 2.75) is 45.4 Å². The molecule has 40 heavy (non-hydrogen) atoms. The zero-order valence-corrected chi connectivity index (χ0v) is 23.0. The number of fused-ring (bicyclic) bond motifs is 3. The van der Waals surface area contributed by atoms with E-state index in [4.69, 9.17) is 9.47 Å². The molecule has 0 aliphatic heterocycles. The lowest BCUT2D eigenvalue weighted by molar-refractivity contribution is -0.143. The van der Waals surface area contributed by atoms with E-state index in [-0.39, 0.29) is 31.6 Å². The fraction of sp³-hybridized carbons (Fsp3) is 0.344. The molecular weight excluding hydrogens is 508 g/mol. The molecule has 210 valence electrons. The number of carbonyl (C=O) groups excluding carboxylic acids is 2. The highest BCUT2D eigenvalue weighted by Gasteiger charge is 2.32. The lowest BCUT2D eigenvalue weighted by Gasteiger charge is -2.26. The number of rotatable bonds is 12. The monoisotopic (exact) mass is 544 g/mol. The molecule has 3 aromatic rings. The van der Waals surface area contributed by atoms with Gasteiger partial charge in [-0.2, -0.15) is 0 Å². The molecule has 0 aromatic heterocycles. The molecule has 0 bridgehead atoms. The van der Waals surface area contributed by atoms with Gasteiger partial charge in [-0.25, -0.2) is 4.79 Å². The molecule has 0 spiro atoms. The van der Waals surface area contributed by atoms with Gasteiger partial charge in [0, 0.05) is 12.5 Å². The maximum absolute atomic E-state index is 13.2. The van der Waals surface area contributed by atoms with E-state index in [1.54, 1.807) is 20.8 Å². The number of alkyl carbamates (subject to hydrolysis) is 1. The third-order valence-corrected chi connectivity index (χ3v) is 7.34. The predicted octanol–water partition coefficient (Wildman–Crippen LogP) is 4.97. The Morgan fingerprint density at radius 1 is 0.850 bits per heavy atom. The van der Waals surface area contributed by atoms with Crippen LogP contribution in [0.5, 0.6) is 0 Å². The van der Waals surface area contributed by atoms with Crippen molar-refractivity contribution in [3.05, 3.63) is 95.6 Å². The molecule has 0 heterocycles. The highest BCUT2D eigenvalue weighted by Crippen LogP contribution is 2.44. The largest absolute Gasteiger partial charge is 0.481 e. The molecule has 4 rings (SSSR count). The van der Waals surface area contributed by atoms with E-state index < -0.39 is 36.0 Å². The molecule has 0 saturated carbocycles. The van der Waals surface area contributed by atoms with Crippen LogP contribution in [0, 0.1) is 11.8 Å². The molecular formula is C32H36N2O6. The Balaban J connectivity index is 1.43. The van der Waals surface area contributed by atoms with E-state index in [0.717, 1.165) is 27.8 Å². The van der Waals surface area contributed by atoms with E-state index >= 15 is 0 Å². The van der Waals surface area contributed by atoms with E-state index in [0.29, 0.717) is 0 Å². The summed E-state index contributed by atoms with van der Waals surface area (Å²) in [6, 6.07) is 24.5. The quantitative estimate of drug-likeness (QED) is 0.297. The summed E-state index contributed by atoms with van der Waals surface area (Å²) in [5, 5.41) is 14.9. The first-order valence-electron chi connectivity index (χ1n) is 13.5. The molecule has 3 atom stereocenters. The molecule has 2 amide bonds. The fourth-order valence-corrected chi connectivity index (χ4v) is 4.99. The SMILES string of the molecule is CC(C)C(CNC(=O)[C@H](NC(=O)OCC1c2ccccc2-c2ccccc21)[C@H](C)OCc1ccccc1)C(=O)O. The number of hydrogen-bond acceptors (Lipinski definition) is 5. The summed E-state index contributed by atoms with van der Waals surface area (Å²) in [6.45, 7) is 5.52. The van der Waals surface area contributed by atoms with Crippen LogP contribution in [0.2, 0.25) is 0 Å². The number of ether oxygens (including phenoxy) is 2. The summed E-state index contributed by atoms with van der Waals surface area (Å²) in [5.41, 5.74) is 5.31. The molecule has 8 nitrogen and oxygen atoms in total. The van der Waals surface area contributed by atoms with Gasteiger partial charge < -0.3 is 25.2 Å². The molecule has 1 unspecified atom stereocenters. The van der Waals surface area contributed by atoms with Gasteiger partial charge >= 0.3 is 12.1 Å². The second-order valence-corrected chi connectivity index (χ2v) is 10.4. The number of amides is 2. The lowest BCUT2D eigenvalue weighted by atomic mass is 9.96. The summed E-state index contributed by atoms with van der Waals surface area (Å²) >= 11 is 0. The number of carbonyl (C=O) groups is 3. The van der Waals surface area contributed by atoms with Crippen molar-refractivity contribution < 1.29 is 29.0 Å². The standard InChI is InChI=1S/C32H36N2O6/c1-20(2)27(31(36)37)17-33-30(35)29(21(3)39-18-22-11-5-4-6-12-22)34-32(38)40-19-28-25-15-9-7-13-23(25)24-14-8-10-16-26(24)28/h4-16,20-21,27-29H,17-19H2,1-3H3,(H,33,35)(H,34,38)(H,36,37)/t21-,27?,29+/m0/s1. The lowest BCUT2D eigenvalue weighted by Crippen LogP contribution is -2.54. The first kappa shape index (κ1) is 28.8. The van der Waals surface area contributed by atoms with Gasteiger partial charge in [0.2, 0.25) is 5.91 Å². The van der Waals surface area contributed by atoms with Crippen LogP contribution in [0.25, 0.3) is 11.1 Å². The van der Waals surface area contributed by atoms with Crippen LogP contribution in [-0.2, 0) is 25.7 Å². The van der Waals surface area contributed by atoms with Gasteiger partial charge in [-0.05, 0) is 40.7 Å². The molecule has 3 aromatic carbocycles. The smallest absolute Gasteiger partial charge is 0.407 e. The van der Waals surface area contributed by atoms with E-state index in [1.807, 2.05) is 66.7 Å². The van der Waals surface area contributed by atoms with Crippen LogP contribution in [0.4, 0.5) is 4.79 Å². The average Bonchev–Trinajstić information content (AvgIpc) is 3.27. The van der Waals surface area contributed by atoms with E-state index in [1.165, 1.54) is 0 Å². The first-order chi connectivity index (χ1) is 19.3. The van der Waals surface area contributed by atoms with Gasteiger partial charge in [-0.1, -0.05) is 92.7 Å². The molecule has 0 radical (unpaired) electrons. The van der Waals surface area contributed by atoms with Gasteiger partial charge in [0.15, 0.2) is 0 Å². The second kappa shape index (κ2) is 13.3. The van der Waals surface area contributed by atoms with Crippen molar-refractivity contribution >= 4 is 18.0 Å². The number of benzene rings is 3. The van der Waals surface area contributed by atoms with Crippen LogP contribution >= 0.6 is 0 Å². The van der Waals surface area contributed by atoms with E-state index in [9.17, 15) is 19.5 Å². The Hall–Kier alpha value is -4.17.